The van der Waals surface area contributed by atoms with Gasteiger partial charge in [-0.15, -0.1) is 0 Å². The normalized spacial score (nSPS) is 22.1. The molecule has 0 spiro atoms. The number of benzene rings is 1. The van der Waals surface area contributed by atoms with Gasteiger partial charge in [-0.3, -0.25) is 10.1 Å². The highest BCUT2D eigenvalue weighted by atomic mass is 35.5. The highest BCUT2D eigenvalue weighted by Crippen LogP contribution is 2.23. The highest BCUT2D eigenvalue weighted by Gasteiger charge is 2.22. The SMILES string of the molecule is CC(NC1CCCCNC1=O)c1ccccc1Cl. The number of hydrogen-bond acceptors (Lipinski definition) is 2. The van der Waals surface area contributed by atoms with Gasteiger partial charge in [-0.1, -0.05) is 29.8 Å². The van der Waals surface area contributed by atoms with E-state index in [-0.39, 0.29) is 18.0 Å². The summed E-state index contributed by atoms with van der Waals surface area (Å²) in [6, 6.07) is 7.71. The number of nitrogens with one attached hydrogen (secondary N) is 2. The van der Waals surface area contributed by atoms with Gasteiger partial charge in [0.2, 0.25) is 5.91 Å². The van der Waals surface area contributed by atoms with Crippen molar-refractivity contribution in [2.24, 2.45) is 0 Å². The first kappa shape index (κ1) is 13.4. The molecule has 1 fully saturated rings. The Labute approximate surface area is 113 Å². The fraction of sp³-hybridized carbons (Fsp3) is 0.500. The van der Waals surface area contributed by atoms with E-state index < -0.39 is 0 Å². The van der Waals surface area contributed by atoms with Crippen molar-refractivity contribution >= 4 is 17.5 Å². The van der Waals surface area contributed by atoms with Crippen molar-refractivity contribution in [3.05, 3.63) is 34.9 Å². The van der Waals surface area contributed by atoms with E-state index in [2.05, 4.69) is 10.6 Å². The van der Waals surface area contributed by atoms with Crippen LogP contribution in [0.4, 0.5) is 0 Å². The minimum Gasteiger partial charge on any atom is -0.355 e. The van der Waals surface area contributed by atoms with Crippen LogP contribution in [0.2, 0.25) is 5.02 Å². The third-order valence-electron chi connectivity index (χ3n) is 3.36. The summed E-state index contributed by atoms with van der Waals surface area (Å²) in [5, 5.41) is 7.04. The lowest BCUT2D eigenvalue weighted by Crippen LogP contribution is -2.43. The summed E-state index contributed by atoms with van der Waals surface area (Å²) in [5.41, 5.74) is 1.04. The molecule has 18 heavy (non-hydrogen) atoms. The first-order valence-electron chi connectivity index (χ1n) is 6.46. The monoisotopic (exact) mass is 266 g/mol. The minimum absolute atomic E-state index is 0.0764. The second kappa shape index (κ2) is 6.21. The third kappa shape index (κ3) is 3.24. The Bertz CT molecular complexity index is 422. The van der Waals surface area contributed by atoms with Crippen LogP contribution >= 0.6 is 11.6 Å². The number of hydrogen-bond donors (Lipinski definition) is 2. The molecule has 1 aliphatic heterocycles. The lowest BCUT2D eigenvalue weighted by atomic mass is 10.1. The van der Waals surface area contributed by atoms with E-state index >= 15 is 0 Å². The molecule has 2 N–H and O–H groups in total. The van der Waals surface area contributed by atoms with Crippen LogP contribution in [0.15, 0.2) is 24.3 Å². The molecule has 4 heteroatoms. The van der Waals surface area contributed by atoms with Gasteiger partial charge in [-0.25, -0.2) is 0 Å². The highest BCUT2D eigenvalue weighted by molar-refractivity contribution is 6.31. The maximum absolute atomic E-state index is 11.9. The van der Waals surface area contributed by atoms with E-state index in [0.29, 0.717) is 0 Å². The van der Waals surface area contributed by atoms with Crippen LogP contribution in [0, 0.1) is 0 Å². The van der Waals surface area contributed by atoms with Gasteiger partial charge in [-0.05, 0) is 37.8 Å². The van der Waals surface area contributed by atoms with Gasteiger partial charge >= 0.3 is 0 Å². The average Bonchev–Trinajstić information content (AvgIpc) is 2.55. The second-order valence-electron chi connectivity index (χ2n) is 4.75. The summed E-state index contributed by atoms with van der Waals surface area (Å²) in [4.78, 5) is 11.9. The molecular formula is C14H19ClN2O. The molecule has 1 aliphatic rings. The zero-order chi connectivity index (χ0) is 13.0. The molecule has 1 heterocycles. The molecule has 2 atom stereocenters. The van der Waals surface area contributed by atoms with Crippen molar-refractivity contribution in [1.82, 2.24) is 10.6 Å². The maximum atomic E-state index is 11.9. The molecule has 3 nitrogen and oxygen atoms in total. The van der Waals surface area contributed by atoms with Crippen LogP contribution in [-0.4, -0.2) is 18.5 Å². The Morgan fingerprint density at radius 2 is 2.17 bits per heavy atom. The Balaban J connectivity index is 2.04. The van der Waals surface area contributed by atoms with E-state index in [4.69, 9.17) is 11.6 Å². The summed E-state index contributed by atoms with van der Waals surface area (Å²) in [5.74, 6) is 0.103. The number of amides is 1. The quantitative estimate of drug-likeness (QED) is 0.883. The van der Waals surface area contributed by atoms with Crippen LogP contribution in [0.3, 0.4) is 0 Å². The van der Waals surface area contributed by atoms with Gasteiger partial charge in [0.15, 0.2) is 0 Å². The van der Waals surface area contributed by atoms with Crippen molar-refractivity contribution in [1.29, 1.82) is 0 Å². The van der Waals surface area contributed by atoms with Gasteiger partial charge < -0.3 is 5.32 Å². The lowest BCUT2D eigenvalue weighted by molar-refractivity contribution is -0.123. The summed E-state index contributed by atoms with van der Waals surface area (Å²) < 4.78 is 0. The summed E-state index contributed by atoms with van der Waals surface area (Å²) >= 11 is 6.16. The molecule has 0 aromatic heterocycles. The lowest BCUT2D eigenvalue weighted by Gasteiger charge is -2.22. The van der Waals surface area contributed by atoms with Crippen molar-refractivity contribution in [3.63, 3.8) is 0 Å². The molecule has 98 valence electrons. The molecule has 0 radical (unpaired) electrons. The van der Waals surface area contributed by atoms with Gasteiger partial charge in [0, 0.05) is 17.6 Å². The number of halogens is 1. The Morgan fingerprint density at radius 3 is 2.94 bits per heavy atom. The van der Waals surface area contributed by atoms with Gasteiger partial charge in [-0.2, -0.15) is 0 Å². The largest absolute Gasteiger partial charge is 0.355 e. The van der Waals surface area contributed by atoms with E-state index in [1.165, 1.54) is 0 Å². The Hall–Kier alpha value is -1.06. The number of carbonyl (C=O) groups is 1. The van der Waals surface area contributed by atoms with Crippen molar-refractivity contribution in [3.8, 4) is 0 Å². The van der Waals surface area contributed by atoms with Crippen molar-refractivity contribution < 1.29 is 4.79 Å². The first-order chi connectivity index (χ1) is 8.68. The van der Waals surface area contributed by atoms with Gasteiger partial charge in [0.05, 0.1) is 6.04 Å². The molecule has 0 aliphatic carbocycles. The van der Waals surface area contributed by atoms with Crippen LogP contribution in [0.1, 0.15) is 37.8 Å². The topological polar surface area (TPSA) is 41.1 Å². The van der Waals surface area contributed by atoms with Gasteiger partial charge in [0.1, 0.15) is 0 Å². The molecule has 2 unspecified atom stereocenters. The number of rotatable bonds is 3. The second-order valence-corrected chi connectivity index (χ2v) is 5.16. The van der Waals surface area contributed by atoms with E-state index in [1.807, 2.05) is 31.2 Å². The fourth-order valence-electron chi connectivity index (χ4n) is 2.32. The summed E-state index contributed by atoms with van der Waals surface area (Å²) in [7, 11) is 0. The van der Waals surface area contributed by atoms with Crippen molar-refractivity contribution in [2.45, 2.75) is 38.3 Å². The molecule has 1 aromatic rings. The van der Waals surface area contributed by atoms with Crippen molar-refractivity contribution in [2.75, 3.05) is 6.54 Å². The molecule has 0 saturated carbocycles. The van der Waals surface area contributed by atoms with Crippen LogP contribution in [0.5, 0.6) is 0 Å². The smallest absolute Gasteiger partial charge is 0.237 e. The number of carbonyl (C=O) groups excluding carboxylic acids is 1. The minimum atomic E-state index is -0.112. The van der Waals surface area contributed by atoms with E-state index in [9.17, 15) is 4.79 Å². The fourth-order valence-corrected chi connectivity index (χ4v) is 2.62. The Kier molecular flexibility index (Phi) is 4.61. The third-order valence-corrected chi connectivity index (χ3v) is 3.70. The van der Waals surface area contributed by atoms with Gasteiger partial charge in [0.25, 0.3) is 0 Å². The standard InChI is InChI=1S/C14H19ClN2O/c1-10(11-6-2-3-7-12(11)15)17-13-8-4-5-9-16-14(13)18/h2-3,6-7,10,13,17H,4-5,8-9H2,1H3,(H,16,18). The summed E-state index contributed by atoms with van der Waals surface area (Å²) in [6.07, 6.45) is 3.02. The first-order valence-corrected chi connectivity index (χ1v) is 6.84. The molecule has 1 saturated heterocycles. The van der Waals surface area contributed by atoms with Crippen LogP contribution in [-0.2, 0) is 4.79 Å². The van der Waals surface area contributed by atoms with E-state index in [1.54, 1.807) is 0 Å². The summed E-state index contributed by atoms with van der Waals surface area (Å²) in [6.45, 7) is 2.83. The molecule has 0 bridgehead atoms. The molecular weight excluding hydrogens is 248 g/mol. The maximum Gasteiger partial charge on any atom is 0.237 e. The zero-order valence-electron chi connectivity index (χ0n) is 10.6. The molecule has 2 rings (SSSR count). The predicted octanol–water partition coefficient (Wildman–Crippen LogP) is 2.66. The van der Waals surface area contributed by atoms with Crippen LogP contribution in [0.25, 0.3) is 0 Å². The Morgan fingerprint density at radius 1 is 1.39 bits per heavy atom. The average molecular weight is 267 g/mol. The molecule has 1 aromatic carbocycles. The zero-order valence-corrected chi connectivity index (χ0v) is 11.3. The van der Waals surface area contributed by atoms with E-state index in [0.717, 1.165) is 36.4 Å². The predicted molar refractivity (Wildman–Crippen MR) is 73.7 cm³/mol. The molecule has 1 amide bonds. The van der Waals surface area contributed by atoms with Crippen LogP contribution < -0.4 is 10.6 Å².